The zero-order valence-corrected chi connectivity index (χ0v) is 11.8. The third-order valence-corrected chi connectivity index (χ3v) is 3.61. The molecule has 1 heterocycles. The molecular formula is C15H21NO3. The molecule has 1 aliphatic heterocycles. The lowest BCUT2D eigenvalue weighted by Crippen LogP contribution is -2.29. The fourth-order valence-corrected chi connectivity index (χ4v) is 2.54. The molecule has 1 aromatic rings. The molecule has 0 aromatic heterocycles. The Morgan fingerprint density at radius 3 is 2.79 bits per heavy atom. The SMILES string of the molecule is COc1ccc(C(C)=O)cc1CN1CCC(C)(O)C1. The monoisotopic (exact) mass is 263 g/mol. The predicted molar refractivity (Wildman–Crippen MR) is 73.5 cm³/mol. The summed E-state index contributed by atoms with van der Waals surface area (Å²) in [4.78, 5) is 13.6. The van der Waals surface area contributed by atoms with Gasteiger partial charge in [-0.05, 0) is 38.5 Å². The molecule has 4 nitrogen and oxygen atoms in total. The quantitative estimate of drug-likeness (QED) is 0.842. The second-order valence-corrected chi connectivity index (χ2v) is 5.54. The van der Waals surface area contributed by atoms with Crippen LogP contribution < -0.4 is 4.74 Å². The fourth-order valence-electron chi connectivity index (χ4n) is 2.54. The van der Waals surface area contributed by atoms with Crippen molar-refractivity contribution < 1.29 is 14.6 Å². The maximum Gasteiger partial charge on any atom is 0.159 e. The minimum atomic E-state index is -0.606. The van der Waals surface area contributed by atoms with Crippen LogP contribution in [0.25, 0.3) is 0 Å². The molecular weight excluding hydrogens is 242 g/mol. The van der Waals surface area contributed by atoms with E-state index < -0.39 is 5.60 Å². The van der Waals surface area contributed by atoms with Crippen LogP contribution in [0, 0.1) is 0 Å². The van der Waals surface area contributed by atoms with Crippen molar-refractivity contribution in [3.8, 4) is 5.75 Å². The van der Waals surface area contributed by atoms with Crippen LogP contribution >= 0.6 is 0 Å². The number of rotatable bonds is 4. The van der Waals surface area contributed by atoms with E-state index in [0.29, 0.717) is 18.7 Å². The standard InChI is InChI=1S/C15H21NO3/c1-11(17)12-4-5-14(19-3)13(8-12)9-16-7-6-15(2,18)10-16/h4-5,8,18H,6-7,9-10H2,1-3H3. The average molecular weight is 263 g/mol. The second-order valence-electron chi connectivity index (χ2n) is 5.54. The van der Waals surface area contributed by atoms with E-state index in [1.54, 1.807) is 20.1 Å². The molecule has 0 amide bonds. The highest BCUT2D eigenvalue weighted by Gasteiger charge is 2.31. The summed E-state index contributed by atoms with van der Waals surface area (Å²) in [6.45, 7) is 5.63. The number of carbonyl (C=O) groups is 1. The van der Waals surface area contributed by atoms with E-state index in [0.717, 1.165) is 24.3 Å². The minimum Gasteiger partial charge on any atom is -0.496 e. The Hall–Kier alpha value is -1.39. The lowest BCUT2D eigenvalue weighted by molar-refractivity contribution is 0.0677. The summed E-state index contributed by atoms with van der Waals surface area (Å²) in [5.74, 6) is 0.842. The zero-order valence-electron chi connectivity index (χ0n) is 11.8. The molecule has 4 heteroatoms. The van der Waals surface area contributed by atoms with Gasteiger partial charge in [-0.1, -0.05) is 0 Å². The Bertz CT molecular complexity index is 482. The summed E-state index contributed by atoms with van der Waals surface area (Å²) >= 11 is 0. The van der Waals surface area contributed by atoms with Gasteiger partial charge in [0, 0.05) is 30.8 Å². The first kappa shape index (κ1) is 14.0. The van der Waals surface area contributed by atoms with Gasteiger partial charge in [0.05, 0.1) is 12.7 Å². The van der Waals surface area contributed by atoms with Crippen molar-refractivity contribution in [1.82, 2.24) is 4.90 Å². The summed E-state index contributed by atoms with van der Waals surface area (Å²) < 4.78 is 5.34. The number of nitrogens with zero attached hydrogens (tertiary/aromatic N) is 1. The molecule has 1 aliphatic rings. The number of ketones is 1. The Balaban J connectivity index is 2.18. The first-order chi connectivity index (χ1) is 8.91. The summed E-state index contributed by atoms with van der Waals surface area (Å²) in [5, 5.41) is 9.99. The third kappa shape index (κ3) is 3.33. The van der Waals surface area contributed by atoms with E-state index in [2.05, 4.69) is 4.90 Å². The predicted octanol–water partition coefficient (Wildman–Crippen LogP) is 1.85. The number of benzene rings is 1. The minimum absolute atomic E-state index is 0.0531. The van der Waals surface area contributed by atoms with Crippen molar-refractivity contribution in [1.29, 1.82) is 0 Å². The van der Waals surface area contributed by atoms with Crippen LogP contribution in [0.2, 0.25) is 0 Å². The van der Waals surface area contributed by atoms with E-state index >= 15 is 0 Å². The highest BCUT2D eigenvalue weighted by atomic mass is 16.5. The van der Waals surface area contributed by atoms with Gasteiger partial charge in [0.25, 0.3) is 0 Å². The van der Waals surface area contributed by atoms with Crippen molar-refractivity contribution >= 4 is 5.78 Å². The topological polar surface area (TPSA) is 49.8 Å². The maximum atomic E-state index is 11.4. The van der Waals surface area contributed by atoms with E-state index in [1.807, 2.05) is 19.1 Å². The Labute approximate surface area is 114 Å². The molecule has 0 aliphatic carbocycles. The van der Waals surface area contributed by atoms with Crippen molar-refractivity contribution in [3.63, 3.8) is 0 Å². The Morgan fingerprint density at radius 1 is 1.53 bits per heavy atom. The molecule has 0 spiro atoms. The number of hydrogen-bond donors (Lipinski definition) is 1. The summed E-state index contributed by atoms with van der Waals surface area (Å²) in [5.41, 5.74) is 1.08. The van der Waals surface area contributed by atoms with Crippen LogP contribution in [0.1, 0.15) is 36.2 Å². The maximum absolute atomic E-state index is 11.4. The van der Waals surface area contributed by atoms with E-state index in [1.165, 1.54) is 0 Å². The number of likely N-dealkylation sites (tertiary alicyclic amines) is 1. The van der Waals surface area contributed by atoms with Gasteiger partial charge in [-0.2, -0.15) is 0 Å². The number of hydrogen-bond acceptors (Lipinski definition) is 4. The number of Topliss-reactive ketones (excluding diaryl/α,β-unsaturated/α-hetero) is 1. The fraction of sp³-hybridized carbons (Fsp3) is 0.533. The molecule has 104 valence electrons. The van der Waals surface area contributed by atoms with Gasteiger partial charge in [0.15, 0.2) is 5.78 Å². The van der Waals surface area contributed by atoms with E-state index in [9.17, 15) is 9.90 Å². The number of β-amino-alcohol motifs (C(OH)–C–C–N with tert-alkyl or cyclic N) is 1. The molecule has 1 unspecified atom stereocenters. The normalized spacial score (nSPS) is 23.6. The van der Waals surface area contributed by atoms with Crippen LogP contribution in [-0.4, -0.2) is 41.6 Å². The largest absolute Gasteiger partial charge is 0.496 e. The molecule has 2 rings (SSSR count). The molecule has 0 radical (unpaired) electrons. The van der Waals surface area contributed by atoms with Crippen molar-refractivity contribution in [2.24, 2.45) is 0 Å². The molecule has 1 N–H and O–H groups in total. The van der Waals surface area contributed by atoms with Crippen LogP contribution in [0.4, 0.5) is 0 Å². The van der Waals surface area contributed by atoms with E-state index in [4.69, 9.17) is 4.74 Å². The lowest BCUT2D eigenvalue weighted by atomic mass is 10.1. The molecule has 1 saturated heterocycles. The Kier molecular flexibility index (Phi) is 3.92. The van der Waals surface area contributed by atoms with Gasteiger partial charge in [0.2, 0.25) is 0 Å². The average Bonchev–Trinajstić information content (AvgIpc) is 2.68. The molecule has 1 fully saturated rings. The van der Waals surface area contributed by atoms with Gasteiger partial charge in [-0.15, -0.1) is 0 Å². The van der Waals surface area contributed by atoms with Crippen LogP contribution in [-0.2, 0) is 6.54 Å². The van der Waals surface area contributed by atoms with Gasteiger partial charge in [-0.3, -0.25) is 9.69 Å². The highest BCUT2D eigenvalue weighted by Crippen LogP contribution is 2.26. The van der Waals surface area contributed by atoms with Gasteiger partial charge in [0.1, 0.15) is 5.75 Å². The number of ether oxygens (including phenoxy) is 1. The van der Waals surface area contributed by atoms with Crippen LogP contribution in [0.15, 0.2) is 18.2 Å². The molecule has 1 aromatic carbocycles. The number of methoxy groups -OCH3 is 1. The van der Waals surface area contributed by atoms with Gasteiger partial charge < -0.3 is 9.84 Å². The zero-order chi connectivity index (χ0) is 14.0. The number of aliphatic hydroxyl groups is 1. The summed E-state index contributed by atoms with van der Waals surface area (Å²) in [6, 6.07) is 5.50. The first-order valence-corrected chi connectivity index (χ1v) is 6.54. The lowest BCUT2D eigenvalue weighted by Gasteiger charge is -2.20. The second kappa shape index (κ2) is 5.31. The third-order valence-electron chi connectivity index (χ3n) is 3.61. The van der Waals surface area contributed by atoms with Gasteiger partial charge >= 0.3 is 0 Å². The van der Waals surface area contributed by atoms with E-state index in [-0.39, 0.29) is 5.78 Å². The smallest absolute Gasteiger partial charge is 0.159 e. The van der Waals surface area contributed by atoms with Crippen molar-refractivity contribution in [3.05, 3.63) is 29.3 Å². The molecule has 1 atom stereocenters. The molecule has 0 bridgehead atoms. The van der Waals surface area contributed by atoms with Crippen LogP contribution in [0.3, 0.4) is 0 Å². The van der Waals surface area contributed by atoms with Crippen LogP contribution in [0.5, 0.6) is 5.75 Å². The Morgan fingerprint density at radius 2 is 2.26 bits per heavy atom. The molecule has 0 saturated carbocycles. The molecule has 19 heavy (non-hydrogen) atoms. The van der Waals surface area contributed by atoms with Gasteiger partial charge in [-0.25, -0.2) is 0 Å². The van der Waals surface area contributed by atoms with Crippen molar-refractivity contribution in [2.75, 3.05) is 20.2 Å². The highest BCUT2D eigenvalue weighted by molar-refractivity contribution is 5.94. The summed E-state index contributed by atoms with van der Waals surface area (Å²) in [6.07, 6.45) is 0.779. The first-order valence-electron chi connectivity index (χ1n) is 6.54. The summed E-state index contributed by atoms with van der Waals surface area (Å²) in [7, 11) is 1.63. The number of carbonyl (C=O) groups excluding carboxylic acids is 1. The van der Waals surface area contributed by atoms with Crippen molar-refractivity contribution in [2.45, 2.75) is 32.4 Å².